The average molecular weight is 152 g/mol. The van der Waals surface area contributed by atoms with E-state index in [1.54, 1.807) is 19.5 Å². The molecule has 1 heterocycles. The predicted molar refractivity (Wildman–Crippen MR) is 45.1 cm³/mol. The molecule has 0 aromatic carbocycles. The average Bonchev–Trinajstić information content (AvgIpc) is 2.04. The van der Waals surface area contributed by atoms with Gasteiger partial charge in [0.15, 0.2) is 0 Å². The predicted octanol–water partition coefficient (Wildman–Crippen LogP) is 1.16. The summed E-state index contributed by atoms with van der Waals surface area (Å²) >= 11 is 0. The Morgan fingerprint density at radius 2 is 2.18 bits per heavy atom. The van der Waals surface area contributed by atoms with Crippen molar-refractivity contribution in [1.29, 1.82) is 0 Å². The van der Waals surface area contributed by atoms with Crippen LogP contribution in [0.2, 0.25) is 0 Å². The zero-order valence-electron chi connectivity index (χ0n) is 7.03. The number of rotatable bonds is 2. The monoisotopic (exact) mass is 152 g/mol. The van der Waals surface area contributed by atoms with E-state index in [0.717, 1.165) is 11.4 Å². The van der Waals surface area contributed by atoms with Crippen molar-refractivity contribution in [1.82, 2.24) is 4.98 Å². The molecule has 0 radical (unpaired) electrons. The maximum absolute atomic E-state index is 5.12. The van der Waals surface area contributed by atoms with E-state index in [1.807, 2.05) is 25.1 Å². The summed E-state index contributed by atoms with van der Waals surface area (Å²) in [4.78, 5) is 5.96. The number of anilines is 1. The highest BCUT2D eigenvalue weighted by molar-refractivity contribution is 5.55. The fourth-order valence-electron chi connectivity index (χ4n) is 0.882. The molecule has 0 saturated heterocycles. The van der Waals surface area contributed by atoms with Gasteiger partial charge < -0.3 is 9.64 Å². The normalized spacial score (nSPS) is 9.36. The van der Waals surface area contributed by atoms with E-state index < -0.39 is 0 Å². The van der Waals surface area contributed by atoms with Crippen LogP contribution in [-0.2, 0) is 0 Å². The first-order valence-corrected chi connectivity index (χ1v) is 3.41. The van der Waals surface area contributed by atoms with Crippen LogP contribution in [-0.4, -0.2) is 26.2 Å². The Hall–Kier alpha value is -1.25. The number of hydrogen-bond donors (Lipinski definition) is 0. The SMILES string of the molecule is COc1ccncc1N(C)C. The Labute approximate surface area is 66.6 Å². The minimum absolute atomic E-state index is 0.852. The van der Waals surface area contributed by atoms with Crippen molar-refractivity contribution in [3.63, 3.8) is 0 Å². The van der Waals surface area contributed by atoms with Gasteiger partial charge in [0.25, 0.3) is 0 Å². The van der Waals surface area contributed by atoms with Crippen molar-refractivity contribution in [3.05, 3.63) is 18.5 Å². The molecule has 0 saturated carbocycles. The second kappa shape index (κ2) is 3.23. The molecular weight excluding hydrogens is 140 g/mol. The van der Waals surface area contributed by atoms with E-state index in [4.69, 9.17) is 4.74 Å². The van der Waals surface area contributed by atoms with E-state index in [2.05, 4.69) is 4.98 Å². The Morgan fingerprint density at radius 1 is 1.45 bits per heavy atom. The van der Waals surface area contributed by atoms with Crippen LogP contribution in [0.3, 0.4) is 0 Å². The molecule has 1 aromatic rings. The van der Waals surface area contributed by atoms with Gasteiger partial charge in [-0.15, -0.1) is 0 Å². The van der Waals surface area contributed by atoms with Crippen molar-refractivity contribution in [2.45, 2.75) is 0 Å². The summed E-state index contributed by atoms with van der Waals surface area (Å²) in [6.07, 6.45) is 3.49. The van der Waals surface area contributed by atoms with E-state index in [0.29, 0.717) is 0 Å². The summed E-state index contributed by atoms with van der Waals surface area (Å²) in [6.45, 7) is 0. The van der Waals surface area contributed by atoms with Gasteiger partial charge in [0, 0.05) is 26.4 Å². The first-order chi connectivity index (χ1) is 5.25. The van der Waals surface area contributed by atoms with Gasteiger partial charge in [-0.2, -0.15) is 0 Å². The molecule has 0 aliphatic carbocycles. The fourth-order valence-corrected chi connectivity index (χ4v) is 0.882. The zero-order chi connectivity index (χ0) is 8.27. The third kappa shape index (κ3) is 1.61. The maximum Gasteiger partial charge on any atom is 0.145 e. The van der Waals surface area contributed by atoms with Crippen LogP contribution in [0.4, 0.5) is 5.69 Å². The molecule has 0 unspecified atom stereocenters. The van der Waals surface area contributed by atoms with Crippen LogP contribution in [0.15, 0.2) is 18.5 Å². The highest BCUT2D eigenvalue weighted by atomic mass is 16.5. The van der Waals surface area contributed by atoms with Crippen molar-refractivity contribution in [3.8, 4) is 5.75 Å². The lowest BCUT2D eigenvalue weighted by Gasteiger charge is -2.14. The number of aromatic nitrogens is 1. The van der Waals surface area contributed by atoms with E-state index >= 15 is 0 Å². The van der Waals surface area contributed by atoms with E-state index in [1.165, 1.54) is 0 Å². The molecule has 1 aromatic heterocycles. The van der Waals surface area contributed by atoms with Crippen LogP contribution >= 0.6 is 0 Å². The van der Waals surface area contributed by atoms with Gasteiger partial charge in [-0.25, -0.2) is 0 Å². The Morgan fingerprint density at radius 3 is 2.64 bits per heavy atom. The van der Waals surface area contributed by atoms with Gasteiger partial charge in [0.05, 0.1) is 19.0 Å². The summed E-state index contributed by atoms with van der Waals surface area (Å²) in [6, 6.07) is 1.84. The number of pyridine rings is 1. The molecule has 3 heteroatoms. The Kier molecular flexibility index (Phi) is 2.31. The second-order valence-electron chi connectivity index (χ2n) is 2.44. The first kappa shape index (κ1) is 7.85. The van der Waals surface area contributed by atoms with E-state index in [9.17, 15) is 0 Å². The summed E-state index contributed by atoms with van der Waals surface area (Å²) in [5, 5.41) is 0. The topological polar surface area (TPSA) is 25.4 Å². The Bertz CT molecular complexity index is 235. The molecule has 0 spiro atoms. The van der Waals surface area contributed by atoms with Crippen LogP contribution in [0.1, 0.15) is 0 Å². The molecule has 0 atom stereocenters. The summed E-state index contributed by atoms with van der Waals surface area (Å²) in [5.74, 6) is 0.852. The minimum atomic E-state index is 0.852. The highest BCUT2D eigenvalue weighted by Gasteiger charge is 2.01. The fraction of sp³-hybridized carbons (Fsp3) is 0.375. The number of hydrogen-bond acceptors (Lipinski definition) is 3. The first-order valence-electron chi connectivity index (χ1n) is 3.41. The van der Waals surface area contributed by atoms with Gasteiger partial charge in [-0.05, 0) is 0 Å². The van der Waals surface area contributed by atoms with Crippen LogP contribution in [0.5, 0.6) is 5.75 Å². The van der Waals surface area contributed by atoms with E-state index in [-0.39, 0.29) is 0 Å². The van der Waals surface area contributed by atoms with Gasteiger partial charge in [-0.1, -0.05) is 0 Å². The molecule has 1 rings (SSSR count). The highest BCUT2D eigenvalue weighted by Crippen LogP contribution is 2.23. The second-order valence-corrected chi connectivity index (χ2v) is 2.44. The number of ether oxygens (including phenoxy) is 1. The van der Waals surface area contributed by atoms with Gasteiger partial charge in [0.1, 0.15) is 5.75 Å². The molecular formula is C8H12N2O. The largest absolute Gasteiger partial charge is 0.494 e. The molecule has 0 fully saturated rings. The van der Waals surface area contributed by atoms with Crippen molar-refractivity contribution < 1.29 is 4.74 Å². The smallest absolute Gasteiger partial charge is 0.145 e. The molecule has 0 aliphatic heterocycles. The third-order valence-electron chi connectivity index (χ3n) is 1.46. The molecule has 3 nitrogen and oxygen atoms in total. The standard InChI is InChI=1S/C8H12N2O/c1-10(2)7-6-9-5-4-8(7)11-3/h4-6H,1-3H3. The Balaban J connectivity index is 3.02. The molecule has 0 aliphatic rings. The van der Waals surface area contributed by atoms with Crippen LogP contribution in [0, 0.1) is 0 Å². The van der Waals surface area contributed by atoms with Crippen molar-refractivity contribution in [2.24, 2.45) is 0 Å². The third-order valence-corrected chi connectivity index (χ3v) is 1.46. The molecule has 11 heavy (non-hydrogen) atoms. The van der Waals surface area contributed by atoms with Crippen molar-refractivity contribution >= 4 is 5.69 Å². The molecule has 0 bridgehead atoms. The summed E-state index contributed by atoms with van der Waals surface area (Å²) < 4.78 is 5.12. The zero-order valence-corrected chi connectivity index (χ0v) is 7.03. The number of nitrogens with zero attached hydrogens (tertiary/aromatic N) is 2. The van der Waals surface area contributed by atoms with Crippen molar-refractivity contribution in [2.75, 3.05) is 26.1 Å². The molecule has 60 valence electrons. The summed E-state index contributed by atoms with van der Waals surface area (Å²) in [5.41, 5.74) is 0.995. The lowest BCUT2D eigenvalue weighted by atomic mass is 10.3. The lowest BCUT2D eigenvalue weighted by molar-refractivity contribution is 0.415. The lowest BCUT2D eigenvalue weighted by Crippen LogP contribution is -2.10. The van der Waals surface area contributed by atoms with Gasteiger partial charge >= 0.3 is 0 Å². The van der Waals surface area contributed by atoms with Gasteiger partial charge in [-0.3, -0.25) is 4.98 Å². The minimum Gasteiger partial charge on any atom is -0.494 e. The summed E-state index contributed by atoms with van der Waals surface area (Å²) in [7, 11) is 5.57. The molecule has 0 N–H and O–H groups in total. The maximum atomic E-state index is 5.12. The quantitative estimate of drug-likeness (QED) is 0.635. The number of methoxy groups -OCH3 is 1. The van der Waals surface area contributed by atoms with Crippen LogP contribution < -0.4 is 9.64 Å². The van der Waals surface area contributed by atoms with Crippen LogP contribution in [0.25, 0.3) is 0 Å². The van der Waals surface area contributed by atoms with Gasteiger partial charge in [0.2, 0.25) is 0 Å². The molecule has 0 amide bonds.